The van der Waals surface area contributed by atoms with Crippen LogP contribution >= 0.6 is 0 Å². The Morgan fingerprint density at radius 2 is 2.30 bits per heavy atom. The number of anilines is 1. The number of carbonyl (C=O) groups is 1. The van der Waals surface area contributed by atoms with E-state index in [2.05, 4.69) is 10.1 Å². The highest BCUT2D eigenvalue weighted by molar-refractivity contribution is 5.74. The zero-order valence-electron chi connectivity index (χ0n) is 10.5. The second-order valence-electron chi connectivity index (χ2n) is 3.97. The maximum absolute atomic E-state index is 11.0. The molecule has 0 atom stereocenters. The van der Waals surface area contributed by atoms with E-state index in [0.717, 1.165) is 0 Å². The van der Waals surface area contributed by atoms with E-state index in [1.165, 1.54) is 28.8 Å². The molecular formula is C11H11N5O4. The number of aromatic nitrogens is 3. The van der Waals surface area contributed by atoms with Gasteiger partial charge in [-0.15, -0.1) is 0 Å². The molecule has 0 spiro atoms. The first-order valence-electron chi connectivity index (χ1n) is 5.57. The Hall–Kier alpha value is -2.97. The molecule has 2 aromatic rings. The van der Waals surface area contributed by atoms with Crippen LogP contribution in [-0.4, -0.2) is 44.4 Å². The first kappa shape index (κ1) is 13.5. The minimum Gasteiger partial charge on any atom is -0.480 e. The molecule has 9 heteroatoms. The third-order valence-electron chi connectivity index (χ3n) is 2.51. The molecule has 0 radical (unpaired) electrons. The van der Waals surface area contributed by atoms with Crippen LogP contribution in [-0.2, 0) is 4.79 Å². The fourth-order valence-corrected chi connectivity index (χ4v) is 1.66. The van der Waals surface area contributed by atoms with Crippen molar-refractivity contribution in [2.45, 2.75) is 0 Å². The van der Waals surface area contributed by atoms with Gasteiger partial charge in [-0.1, -0.05) is 0 Å². The number of carboxylic acids is 1. The summed E-state index contributed by atoms with van der Waals surface area (Å²) < 4.78 is 1.43. The van der Waals surface area contributed by atoms with Crippen LogP contribution in [0.1, 0.15) is 0 Å². The Kier molecular flexibility index (Phi) is 3.60. The van der Waals surface area contributed by atoms with Gasteiger partial charge < -0.3 is 10.0 Å². The van der Waals surface area contributed by atoms with Crippen molar-refractivity contribution in [1.82, 2.24) is 14.8 Å². The van der Waals surface area contributed by atoms with E-state index in [1.54, 1.807) is 18.5 Å². The van der Waals surface area contributed by atoms with Gasteiger partial charge in [0.15, 0.2) is 5.82 Å². The first-order chi connectivity index (χ1) is 9.49. The molecule has 0 saturated heterocycles. The van der Waals surface area contributed by atoms with E-state index in [0.29, 0.717) is 5.82 Å². The van der Waals surface area contributed by atoms with Gasteiger partial charge in [-0.2, -0.15) is 5.10 Å². The Balaban J connectivity index is 2.47. The summed E-state index contributed by atoms with van der Waals surface area (Å²) in [7, 11) is 1.43. The van der Waals surface area contributed by atoms with Gasteiger partial charge >= 0.3 is 11.7 Å². The van der Waals surface area contributed by atoms with Crippen LogP contribution in [0.3, 0.4) is 0 Å². The van der Waals surface area contributed by atoms with Crippen molar-refractivity contribution in [2.24, 2.45) is 0 Å². The Bertz CT molecular complexity index is 640. The molecule has 0 aliphatic carbocycles. The van der Waals surface area contributed by atoms with Crippen LogP contribution in [0.5, 0.6) is 0 Å². The van der Waals surface area contributed by atoms with Crippen LogP contribution in [0, 0.1) is 10.1 Å². The zero-order chi connectivity index (χ0) is 14.7. The molecule has 1 N–H and O–H groups in total. The monoisotopic (exact) mass is 277 g/mol. The van der Waals surface area contributed by atoms with Crippen LogP contribution in [0.4, 0.5) is 11.5 Å². The molecule has 0 saturated carbocycles. The maximum atomic E-state index is 11.0. The van der Waals surface area contributed by atoms with Gasteiger partial charge in [0, 0.05) is 25.5 Å². The number of aliphatic carboxylic acids is 1. The Morgan fingerprint density at radius 3 is 2.85 bits per heavy atom. The number of pyridine rings is 1. The Morgan fingerprint density at radius 1 is 1.55 bits per heavy atom. The molecule has 2 rings (SSSR count). The molecule has 0 bridgehead atoms. The summed E-state index contributed by atoms with van der Waals surface area (Å²) >= 11 is 0. The van der Waals surface area contributed by atoms with Crippen molar-refractivity contribution in [3.05, 3.63) is 40.7 Å². The third kappa shape index (κ3) is 2.71. The first-order valence-corrected chi connectivity index (χ1v) is 5.57. The summed E-state index contributed by atoms with van der Waals surface area (Å²) in [6.07, 6.45) is 3.18. The molecule has 0 unspecified atom stereocenters. The van der Waals surface area contributed by atoms with Crippen molar-refractivity contribution >= 4 is 17.5 Å². The highest BCUT2D eigenvalue weighted by atomic mass is 16.6. The maximum Gasteiger partial charge on any atom is 0.323 e. The molecule has 0 aliphatic heterocycles. The van der Waals surface area contributed by atoms with Gasteiger partial charge in [0.2, 0.25) is 5.82 Å². The third-order valence-corrected chi connectivity index (χ3v) is 2.51. The lowest BCUT2D eigenvalue weighted by Gasteiger charge is -2.16. The lowest BCUT2D eigenvalue weighted by atomic mass is 10.3. The number of hydrogen-bond donors (Lipinski definition) is 1. The molecule has 20 heavy (non-hydrogen) atoms. The minimum atomic E-state index is -1.10. The molecule has 2 aromatic heterocycles. The molecular weight excluding hydrogens is 266 g/mol. The normalized spacial score (nSPS) is 10.2. The summed E-state index contributed by atoms with van der Waals surface area (Å²) in [6.45, 7) is -0.392. The van der Waals surface area contributed by atoms with E-state index >= 15 is 0 Å². The largest absolute Gasteiger partial charge is 0.480 e. The molecule has 2 heterocycles. The van der Waals surface area contributed by atoms with Gasteiger partial charge in [-0.05, 0) is 12.1 Å². The molecule has 104 valence electrons. The van der Waals surface area contributed by atoms with Crippen molar-refractivity contribution in [3.8, 4) is 5.82 Å². The van der Waals surface area contributed by atoms with Gasteiger partial charge in [0.1, 0.15) is 6.54 Å². The standard InChI is InChI=1S/C11H11N5O4/c1-14(7-10(17)18)11-8(16(19)20)3-4-9(13-11)15-6-2-5-12-15/h2-6H,7H2,1H3,(H,17,18). The summed E-state index contributed by atoms with van der Waals surface area (Å²) in [4.78, 5) is 26.4. The number of nitrogens with zero attached hydrogens (tertiary/aromatic N) is 5. The predicted molar refractivity (Wildman–Crippen MR) is 68.9 cm³/mol. The van der Waals surface area contributed by atoms with E-state index in [4.69, 9.17) is 5.11 Å². The average molecular weight is 277 g/mol. The number of nitro groups is 1. The number of rotatable bonds is 5. The SMILES string of the molecule is CN(CC(=O)O)c1nc(-n2cccn2)ccc1[N+](=O)[O-]. The summed E-state index contributed by atoms with van der Waals surface area (Å²) in [5.74, 6) is -0.758. The molecule has 0 aliphatic rings. The fraction of sp³-hybridized carbons (Fsp3) is 0.182. The van der Waals surface area contributed by atoms with Crippen molar-refractivity contribution in [3.63, 3.8) is 0 Å². The second kappa shape index (κ2) is 5.34. The van der Waals surface area contributed by atoms with Crippen LogP contribution in [0.15, 0.2) is 30.6 Å². The highest BCUT2D eigenvalue weighted by Gasteiger charge is 2.21. The summed E-state index contributed by atoms with van der Waals surface area (Å²) in [5, 5.41) is 23.7. The molecule has 0 amide bonds. The molecule has 0 aromatic carbocycles. The topological polar surface area (TPSA) is 114 Å². The van der Waals surface area contributed by atoms with E-state index in [-0.39, 0.29) is 11.5 Å². The Labute approximate surface area is 113 Å². The van der Waals surface area contributed by atoms with Crippen LogP contribution in [0.25, 0.3) is 5.82 Å². The van der Waals surface area contributed by atoms with Crippen molar-refractivity contribution < 1.29 is 14.8 Å². The van der Waals surface area contributed by atoms with E-state index in [9.17, 15) is 14.9 Å². The van der Waals surface area contributed by atoms with Crippen LogP contribution in [0.2, 0.25) is 0 Å². The zero-order valence-corrected chi connectivity index (χ0v) is 10.5. The van der Waals surface area contributed by atoms with Gasteiger partial charge in [-0.3, -0.25) is 14.9 Å². The van der Waals surface area contributed by atoms with Gasteiger partial charge in [0.25, 0.3) is 0 Å². The lowest BCUT2D eigenvalue weighted by molar-refractivity contribution is -0.384. The predicted octanol–water partition coefficient (Wildman–Crippen LogP) is 0.696. The van der Waals surface area contributed by atoms with E-state index < -0.39 is 17.4 Å². The number of carboxylic acid groups (broad SMARTS) is 1. The number of hydrogen-bond acceptors (Lipinski definition) is 6. The summed E-state index contributed by atoms with van der Waals surface area (Å²) in [5.41, 5.74) is -0.260. The van der Waals surface area contributed by atoms with Gasteiger partial charge in [0.05, 0.1) is 4.92 Å². The molecule has 9 nitrogen and oxygen atoms in total. The quantitative estimate of drug-likeness (QED) is 0.631. The van der Waals surface area contributed by atoms with Crippen molar-refractivity contribution in [2.75, 3.05) is 18.5 Å². The fourth-order valence-electron chi connectivity index (χ4n) is 1.66. The second-order valence-corrected chi connectivity index (χ2v) is 3.97. The van der Waals surface area contributed by atoms with Gasteiger partial charge in [-0.25, -0.2) is 9.67 Å². The lowest BCUT2D eigenvalue weighted by Crippen LogP contribution is -2.27. The van der Waals surface area contributed by atoms with Crippen molar-refractivity contribution in [1.29, 1.82) is 0 Å². The van der Waals surface area contributed by atoms with E-state index in [1.807, 2.05) is 0 Å². The molecule has 0 fully saturated rings. The minimum absolute atomic E-state index is 0.0228. The smallest absolute Gasteiger partial charge is 0.323 e. The summed E-state index contributed by atoms with van der Waals surface area (Å²) in [6, 6.07) is 4.41. The highest BCUT2D eigenvalue weighted by Crippen LogP contribution is 2.26. The average Bonchev–Trinajstić information content (AvgIpc) is 2.90. The number of likely N-dealkylation sites (N-methyl/N-ethyl adjacent to an activating group) is 1. The van der Waals surface area contributed by atoms with Crippen LogP contribution < -0.4 is 4.90 Å².